The van der Waals surface area contributed by atoms with Crippen molar-refractivity contribution in [1.82, 2.24) is 49.6 Å². The normalized spacial score (nSPS) is 14.8. The van der Waals surface area contributed by atoms with E-state index in [2.05, 4.69) is 59.7 Å². The van der Waals surface area contributed by atoms with E-state index in [0.717, 1.165) is 82.8 Å². The Labute approximate surface area is 322 Å². The third-order valence-corrected chi connectivity index (χ3v) is 10.7. The first kappa shape index (κ1) is 34.8. The molecule has 14 heteroatoms. The molecule has 2 aliphatic carbocycles. The molecule has 4 heterocycles. The van der Waals surface area contributed by atoms with Crippen LogP contribution < -0.4 is 18.9 Å². The van der Waals surface area contributed by atoms with Crippen LogP contribution in [0.2, 0.25) is 0 Å². The van der Waals surface area contributed by atoms with Crippen LogP contribution in [0, 0.1) is 0 Å². The zero-order chi connectivity index (χ0) is 38.3. The number of fused-ring (bicyclic) bond motifs is 2. The van der Waals surface area contributed by atoms with Gasteiger partial charge in [-0.15, -0.1) is 20.4 Å². The molecule has 2 aliphatic rings. The van der Waals surface area contributed by atoms with Crippen molar-refractivity contribution in [2.24, 2.45) is 0 Å². The van der Waals surface area contributed by atoms with Crippen molar-refractivity contribution in [3.05, 3.63) is 132 Å². The first-order valence-electron chi connectivity index (χ1n) is 18.2. The fraction of sp³-hybridized carbons (Fsp3) is 0.238. The summed E-state index contributed by atoms with van der Waals surface area (Å²) in [6.07, 6.45) is 7.53. The monoisotopic (exact) mass is 746 g/mol. The summed E-state index contributed by atoms with van der Waals surface area (Å²) in [6.45, 7) is 0. The average Bonchev–Trinajstić information content (AvgIpc) is 4.18. The van der Waals surface area contributed by atoms with Crippen molar-refractivity contribution < 1.29 is 18.9 Å². The molecule has 4 aromatic heterocycles. The Morgan fingerprint density at radius 1 is 0.464 bits per heavy atom. The van der Waals surface area contributed by atoms with Gasteiger partial charge in [0.2, 0.25) is 0 Å². The fourth-order valence-corrected chi connectivity index (χ4v) is 7.14. The molecular weight excluding hydrogens is 709 g/mol. The van der Waals surface area contributed by atoms with E-state index in [1.807, 2.05) is 72.8 Å². The molecule has 280 valence electrons. The van der Waals surface area contributed by atoms with E-state index in [1.54, 1.807) is 49.9 Å². The molecule has 0 radical (unpaired) electrons. The van der Waals surface area contributed by atoms with Gasteiger partial charge in [-0.2, -0.15) is 19.2 Å². The molecular formula is C42H38N10O4. The molecule has 14 nitrogen and oxygen atoms in total. The second-order valence-corrected chi connectivity index (χ2v) is 13.8. The molecule has 0 spiro atoms. The summed E-state index contributed by atoms with van der Waals surface area (Å²) in [5.74, 6) is 5.96. The molecule has 8 aromatic rings. The van der Waals surface area contributed by atoms with Crippen LogP contribution in [0.5, 0.6) is 23.0 Å². The summed E-state index contributed by atoms with van der Waals surface area (Å²) in [7, 11) is 6.64. The van der Waals surface area contributed by atoms with Crippen LogP contribution in [0.25, 0.3) is 34.1 Å². The Morgan fingerprint density at radius 3 is 1.36 bits per heavy atom. The van der Waals surface area contributed by atoms with E-state index in [-0.39, 0.29) is 10.8 Å². The van der Waals surface area contributed by atoms with Crippen molar-refractivity contribution in [3.8, 4) is 45.5 Å². The molecule has 0 atom stereocenters. The maximum absolute atomic E-state index is 5.28. The van der Waals surface area contributed by atoms with Gasteiger partial charge in [0.1, 0.15) is 28.7 Å². The van der Waals surface area contributed by atoms with Crippen LogP contribution in [0.15, 0.2) is 109 Å². The number of benzene rings is 4. The molecule has 2 fully saturated rings. The molecule has 0 bridgehead atoms. The highest BCUT2D eigenvalue weighted by molar-refractivity contribution is 5.61. The van der Waals surface area contributed by atoms with Crippen molar-refractivity contribution in [1.29, 1.82) is 0 Å². The Balaban J connectivity index is 0.000000146. The van der Waals surface area contributed by atoms with Gasteiger partial charge >= 0.3 is 0 Å². The zero-order valence-electron chi connectivity index (χ0n) is 31.3. The zero-order valence-corrected chi connectivity index (χ0v) is 31.3. The Morgan fingerprint density at radius 2 is 0.893 bits per heavy atom. The second kappa shape index (κ2) is 14.0. The topological polar surface area (TPSA) is 149 Å². The summed E-state index contributed by atoms with van der Waals surface area (Å²) < 4.78 is 24.5. The Hall–Kier alpha value is -6.96. The molecule has 0 N–H and O–H groups in total. The van der Waals surface area contributed by atoms with Crippen LogP contribution >= 0.6 is 0 Å². The minimum atomic E-state index is -0.168. The number of hydrogen-bond acceptors (Lipinski definition) is 12. The second-order valence-electron chi connectivity index (χ2n) is 13.8. The smallest absolute Gasteiger partial charge is 0.272 e. The van der Waals surface area contributed by atoms with Gasteiger partial charge in [-0.25, -0.2) is 9.97 Å². The lowest BCUT2D eigenvalue weighted by Crippen LogP contribution is -2.15. The van der Waals surface area contributed by atoms with E-state index in [1.165, 1.54) is 11.1 Å². The van der Waals surface area contributed by atoms with Gasteiger partial charge in [-0.3, -0.25) is 0 Å². The van der Waals surface area contributed by atoms with Gasteiger partial charge in [-0.1, -0.05) is 24.3 Å². The van der Waals surface area contributed by atoms with Crippen LogP contribution in [-0.2, 0) is 10.8 Å². The van der Waals surface area contributed by atoms with Gasteiger partial charge in [0.15, 0.2) is 11.6 Å². The molecule has 10 rings (SSSR count). The van der Waals surface area contributed by atoms with E-state index < -0.39 is 0 Å². The predicted molar refractivity (Wildman–Crippen MR) is 207 cm³/mol. The summed E-state index contributed by atoms with van der Waals surface area (Å²) in [5.41, 5.74) is 5.51. The molecule has 0 aliphatic heterocycles. The number of aromatic nitrogens is 10. The van der Waals surface area contributed by atoms with Crippen molar-refractivity contribution in [2.45, 2.75) is 36.5 Å². The summed E-state index contributed by atoms with van der Waals surface area (Å²) in [6, 6.07) is 31.7. The van der Waals surface area contributed by atoms with Crippen LogP contribution in [0.4, 0.5) is 0 Å². The lowest BCUT2D eigenvalue weighted by Gasteiger charge is -2.14. The maximum Gasteiger partial charge on any atom is 0.272 e. The highest BCUT2D eigenvalue weighted by Gasteiger charge is 2.51. The Bertz CT molecular complexity index is 2630. The maximum atomic E-state index is 5.28. The minimum Gasteiger partial charge on any atom is -0.497 e. The summed E-state index contributed by atoms with van der Waals surface area (Å²) >= 11 is 0. The molecule has 0 unspecified atom stereocenters. The molecule has 0 amide bonds. The Kier molecular flexibility index (Phi) is 8.72. The third-order valence-electron chi connectivity index (χ3n) is 10.7. The molecule has 56 heavy (non-hydrogen) atoms. The first-order chi connectivity index (χ1) is 27.5. The standard InChI is InChI=1S/2C21H19N5O2/c1-27-16-7-3-14(4-8-16)18-13-22-26-19(24-25-20(26)23-18)21(11-12-21)15-5-9-17(28-2)10-6-15;1-27-16-7-3-14(4-8-16)18-13-22-20-24-23-19(26(20)25-18)21(11-12-21)15-5-9-17(28-2)10-6-15/h2*3-10,13H,11-12H2,1-2H3. The van der Waals surface area contributed by atoms with Gasteiger partial charge < -0.3 is 18.9 Å². The highest BCUT2D eigenvalue weighted by Crippen LogP contribution is 2.53. The quantitative estimate of drug-likeness (QED) is 0.149. The lowest BCUT2D eigenvalue weighted by molar-refractivity contribution is 0.414. The van der Waals surface area contributed by atoms with E-state index in [9.17, 15) is 0 Å². The number of methoxy groups -OCH3 is 4. The van der Waals surface area contributed by atoms with E-state index in [0.29, 0.717) is 11.6 Å². The summed E-state index contributed by atoms with van der Waals surface area (Å²) in [4.78, 5) is 9.11. The molecule has 4 aromatic carbocycles. The van der Waals surface area contributed by atoms with Crippen molar-refractivity contribution in [3.63, 3.8) is 0 Å². The van der Waals surface area contributed by atoms with Gasteiger partial charge in [0.05, 0.1) is 57.4 Å². The lowest BCUT2D eigenvalue weighted by atomic mass is 9.95. The van der Waals surface area contributed by atoms with Gasteiger partial charge in [0.25, 0.3) is 11.6 Å². The number of nitrogens with zero attached hydrogens (tertiary/aromatic N) is 10. The van der Waals surface area contributed by atoms with Gasteiger partial charge in [0, 0.05) is 11.1 Å². The SMILES string of the molecule is COc1ccc(-c2cnc3nnc(C4(c5ccc(OC)cc5)CC4)n3n2)cc1.COc1ccc(-c2cnn3c(C4(c5ccc(OC)cc5)CC4)nnc3n2)cc1. The van der Waals surface area contributed by atoms with Gasteiger partial charge in [-0.05, 0) is 110 Å². The third kappa shape index (κ3) is 6.18. The van der Waals surface area contributed by atoms with Crippen molar-refractivity contribution in [2.75, 3.05) is 28.4 Å². The van der Waals surface area contributed by atoms with E-state index >= 15 is 0 Å². The van der Waals surface area contributed by atoms with Crippen LogP contribution in [0.3, 0.4) is 0 Å². The minimum absolute atomic E-state index is 0.151. The fourth-order valence-electron chi connectivity index (χ4n) is 7.14. The number of ether oxygens (including phenoxy) is 4. The van der Waals surface area contributed by atoms with Crippen LogP contribution in [-0.4, -0.2) is 78.0 Å². The molecule has 2 saturated carbocycles. The van der Waals surface area contributed by atoms with E-state index in [4.69, 9.17) is 24.0 Å². The first-order valence-corrected chi connectivity index (χ1v) is 18.2. The number of hydrogen-bond donors (Lipinski definition) is 0. The largest absolute Gasteiger partial charge is 0.497 e. The molecule has 0 saturated heterocycles. The summed E-state index contributed by atoms with van der Waals surface area (Å²) in [5, 5.41) is 26.8. The highest BCUT2D eigenvalue weighted by atomic mass is 16.5. The van der Waals surface area contributed by atoms with Crippen molar-refractivity contribution >= 4 is 11.6 Å². The number of rotatable bonds is 10. The van der Waals surface area contributed by atoms with Crippen LogP contribution in [0.1, 0.15) is 48.5 Å². The average molecular weight is 747 g/mol. The predicted octanol–water partition coefficient (Wildman–Crippen LogP) is 6.57.